The number of pyridine rings is 1. The van der Waals surface area contributed by atoms with E-state index in [9.17, 15) is 9.18 Å². The molecule has 0 fully saturated rings. The zero-order valence-corrected chi connectivity index (χ0v) is 14.5. The molecule has 3 nitrogen and oxygen atoms in total. The molecule has 0 N–H and O–H groups in total. The summed E-state index contributed by atoms with van der Waals surface area (Å²) in [6, 6.07) is 16.1. The molecule has 2 aromatic carbocycles. The monoisotopic (exact) mass is 374 g/mol. The molecule has 1 amide bonds. The van der Waals surface area contributed by atoms with Gasteiger partial charge in [-0.2, -0.15) is 0 Å². The van der Waals surface area contributed by atoms with Crippen LogP contribution in [0.15, 0.2) is 66.9 Å². The third-order valence-corrected chi connectivity index (χ3v) is 4.21. The Kier molecular flexibility index (Phi) is 5.31. The number of anilines is 1. The van der Waals surface area contributed by atoms with E-state index < -0.39 is 5.82 Å². The average Bonchev–Trinajstić information content (AvgIpc) is 2.62. The van der Waals surface area contributed by atoms with Gasteiger partial charge in [-0.25, -0.2) is 9.37 Å². The summed E-state index contributed by atoms with van der Waals surface area (Å²) in [6.07, 6.45) is 1.57. The summed E-state index contributed by atoms with van der Waals surface area (Å²) >= 11 is 12.1. The Bertz CT molecular complexity index is 883. The van der Waals surface area contributed by atoms with E-state index in [1.807, 2.05) is 0 Å². The van der Waals surface area contributed by atoms with E-state index in [4.69, 9.17) is 23.2 Å². The van der Waals surface area contributed by atoms with Crippen molar-refractivity contribution in [2.24, 2.45) is 0 Å². The van der Waals surface area contributed by atoms with Gasteiger partial charge in [0, 0.05) is 27.4 Å². The standard InChI is InChI=1S/C19H13Cl2FN2O/c20-14-6-3-5-13(11-14)19(25)24(18-9-1-2-10-23-18)12-15-16(21)7-4-8-17(15)22/h1-11H,12H2. The van der Waals surface area contributed by atoms with Crippen molar-refractivity contribution >= 4 is 34.9 Å². The number of benzene rings is 2. The van der Waals surface area contributed by atoms with Crippen LogP contribution in [0.2, 0.25) is 10.0 Å². The van der Waals surface area contributed by atoms with E-state index in [0.717, 1.165) is 0 Å². The Morgan fingerprint density at radius 2 is 1.84 bits per heavy atom. The second kappa shape index (κ2) is 7.64. The van der Waals surface area contributed by atoms with Crippen molar-refractivity contribution in [3.05, 3.63) is 93.8 Å². The van der Waals surface area contributed by atoms with E-state index in [0.29, 0.717) is 16.4 Å². The topological polar surface area (TPSA) is 33.2 Å². The highest BCUT2D eigenvalue weighted by atomic mass is 35.5. The van der Waals surface area contributed by atoms with Crippen molar-refractivity contribution in [3.63, 3.8) is 0 Å². The molecule has 0 aliphatic carbocycles. The van der Waals surface area contributed by atoms with Crippen LogP contribution in [-0.2, 0) is 6.54 Å². The van der Waals surface area contributed by atoms with Gasteiger partial charge in [-0.15, -0.1) is 0 Å². The Labute approximate surface area is 154 Å². The Hall–Kier alpha value is -2.43. The minimum atomic E-state index is -0.479. The maximum absolute atomic E-state index is 14.2. The lowest BCUT2D eigenvalue weighted by Crippen LogP contribution is -2.31. The summed E-state index contributed by atoms with van der Waals surface area (Å²) in [6.45, 7) is -0.0478. The molecule has 0 spiro atoms. The third kappa shape index (κ3) is 3.98. The molecular formula is C19H13Cl2FN2O. The molecule has 0 unspecified atom stereocenters. The van der Waals surface area contributed by atoms with E-state index in [1.165, 1.54) is 17.0 Å². The highest BCUT2D eigenvalue weighted by molar-refractivity contribution is 6.31. The van der Waals surface area contributed by atoms with Gasteiger partial charge in [-0.05, 0) is 42.5 Å². The van der Waals surface area contributed by atoms with Crippen molar-refractivity contribution in [2.75, 3.05) is 4.90 Å². The van der Waals surface area contributed by atoms with Crippen LogP contribution in [0.1, 0.15) is 15.9 Å². The normalized spacial score (nSPS) is 10.5. The van der Waals surface area contributed by atoms with E-state index in [-0.39, 0.29) is 23.0 Å². The largest absolute Gasteiger partial charge is 0.288 e. The van der Waals surface area contributed by atoms with E-state index >= 15 is 0 Å². The Morgan fingerprint density at radius 3 is 2.52 bits per heavy atom. The van der Waals surface area contributed by atoms with Crippen LogP contribution in [0.25, 0.3) is 0 Å². The summed E-state index contributed by atoms with van der Waals surface area (Å²) in [5.41, 5.74) is 0.607. The molecule has 1 aromatic heterocycles. The highest BCUT2D eigenvalue weighted by Crippen LogP contribution is 2.25. The molecule has 3 aromatic rings. The van der Waals surface area contributed by atoms with Gasteiger partial charge in [0.25, 0.3) is 5.91 Å². The SMILES string of the molecule is O=C(c1cccc(Cl)c1)N(Cc1c(F)cccc1Cl)c1ccccn1. The molecule has 0 bridgehead atoms. The molecule has 1 heterocycles. The number of amides is 1. The fraction of sp³-hybridized carbons (Fsp3) is 0.0526. The van der Waals surface area contributed by atoms with Crippen molar-refractivity contribution in [3.8, 4) is 0 Å². The first kappa shape index (κ1) is 17.4. The fourth-order valence-corrected chi connectivity index (χ4v) is 2.80. The summed E-state index contributed by atoms with van der Waals surface area (Å²) in [5.74, 6) is -0.431. The van der Waals surface area contributed by atoms with Gasteiger partial charge < -0.3 is 0 Å². The predicted octanol–water partition coefficient (Wildman–Crippen LogP) is 5.37. The number of hydrogen-bond donors (Lipinski definition) is 0. The zero-order chi connectivity index (χ0) is 17.8. The Morgan fingerprint density at radius 1 is 1.04 bits per heavy atom. The molecule has 0 aliphatic rings. The van der Waals surface area contributed by atoms with Gasteiger partial charge in [0.15, 0.2) is 0 Å². The van der Waals surface area contributed by atoms with Gasteiger partial charge in [0.2, 0.25) is 0 Å². The smallest absolute Gasteiger partial charge is 0.259 e. The van der Waals surface area contributed by atoms with Crippen LogP contribution < -0.4 is 4.90 Å². The van der Waals surface area contributed by atoms with Crippen molar-refractivity contribution in [1.82, 2.24) is 4.98 Å². The lowest BCUT2D eigenvalue weighted by molar-refractivity contribution is 0.0984. The van der Waals surface area contributed by atoms with Gasteiger partial charge in [0.1, 0.15) is 11.6 Å². The number of carbonyl (C=O) groups excluding carboxylic acids is 1. The van der Waals surface area contributed by atoms with Crippen molar-refractivity contribution < 1.29 is 9.18 Å². The Balaban J connectivity index is 2.03. The maximum atomic E-state index is 14.2. The molecule has 6 heteroatoms. The second-order valence-corrected chi connectivity index (χ2v) is 6.13. The number of aromatic nitrogens is 1. The van der Waals surface area contributed by atoms with Crippen LogP contribution >= 0.6 is 23.2 Å². The average molecular weight is 375 g/mol. The molecule has 0 saturated heterocycles. The zero-order valence-electron chi connectivity index (χ0n) is 13.0. The van der Waals surface area contributed by atoms with Crippen molar-refractivity contribution in [1.29, 1.82) is 0 Å². The fourth-order valence-electron chi connectivity index (χ4n) is 2.39. The number of hydrogen-bond acceptors (Lipinski definition) is 2. The first-order valence-electron chi connectivity index (χ1n) is 7.47. The minimum Gasteiger partial charge on any atom is -0.288 e. The molecule has 0 atom stereocenters. The first-order valence-corrected chi connectivity index (χ1v) is 8.23. The summed E-state index contributed by atoms with van der Waals surface area (Å²) in [4.78, 5) is 18.6. The van der Waals surface area contributed by atoms with E-state index in [2.05, 4.69) is 4.98 Å². The second-order valence-electron chi connectivity index (χ2n) is 5.29. The van der Waals surface area contributed by atoms with Crippen LogP contribution in [0.4, 0.5) is 10.2 Å². The van der Waals surface area contributed by atoms with Crippen LogP contribution in [-0.4, -0.2) is 10.9 Å². The quantitative estimate of drug-likeness (QED) is 0.614. The van der Waals surface area contributed by atoms with Gasteiger partial charge in [0.05, 0.1) is 6.54 Å². The molecule has 25 heavy (non-hydrogen) atoms. The first-order chi connectivity index (χ1) is 12.1. The molecule has 0 radical (unpaired) electrons. The van der Waals surface area contributed by atoms with Crippen LogP contribution in [0.5, 0.6) is 0 Å². The summed E-state index contributed by atoms with van der Waals surface area (Å²) in [7, 11) is 0. The molecule has 126 valence electrons. The molecule has 3 rings (SSSR count). The number of rotatable bonds is 4. The minimum absolute atomic E-state index is 0.0478. The summed E-state index contributed by atoms with van der Waals surface area (Å²) < 4.78 is 14.2. The maximum Gasteiger partial charge on any atom is 0.259 e. The van der Waals surface area contributed by atoms with Gasteiger partial charge in [-0.3, -0.25) is 9.69 Å². The molecular weight excluding hydrogens is 362 g/mol. The van der Waals surface area contributed by atoms with Gasteiger partial charge in [-0.1, -0.05) is 41.4 Å². The van der Waals surface area contributed by atoms with Crippen molar-refractivity contribution in [2.45, 2.75) is 6.54 Å². The number of halogens is 3. The van der Waals surface area contributed by atoms with Gasteiger partial charge >= 0.3 is 0 Å². The molecule has 0 aliphatic heterocycles. The summed E-state index contributed by atoms with van der Waals surface area (Å²) in [5, 5.41) is 0.690. The van der Waals surface area contributed by atoms with Crippen LogP contribution in [0.3, 0.4) is 0 Å². The number of carbonyl (C=O) groups is 1. The highest BCUT2D eigenvalue weighted by Gasteiger charge is 2.22. The number of nitrogens with zero attached hydrogens (tertiary/aromatic N) is 2. The predicted molar refractivity (Wildman–Crippen MR) is 97.6 cm³/mol. The third-order valence-electron chi connectivity index (χ3n) is 3.62. The van der Waals surface area contributed by atoms with Crippen LogP contribution in [0, 0.1) is 5.82 Å². The molecule has 0 saturated carbocycles. The van der Waals surface area contributed by atoms with E-state index in [1.54, 1.807) is 54.7 Å². The lowest BCUT2D eigenvalue weighted by Gasteiger charge is -2.23. The lowest BCUT2D eigenvalue weighted by atomic mass is 10.1.